The Kier molecular flexibility index (Phi) is 5.66. The summed E-state index contributed by atoms with van der Waals surface area (Å²) in [5.74, 6) is -0.157. The molecule has 150 valence electrons. The third-order valence-corrected chi connectivity index (χ3v) is 4.91. The molecule has 28 heavy (non-hydrogen) atoms. The monoisotopic (exact) mass is 386 g/mol. The van der Waals surface area contributed by atoms with Gasteiger partial charge in [0.15, 0.2) is 5.79 Å². The van der Waals surface area contributed by atoms with Crippen LogP contribution in [0.25, 0.3) is 0 Å². The highest BCUT2D eigenvalue weighted by Crippen LogP contribution is 2.35. The number of aliphatic hydroxyl groups excluding tert-OH is 1. The Morgan fingerprint density at radius 2 is 1.71 bits per heavy atom. The summed E-state index contributed by atoms with van der Waals surface area (Å²) in [6.07, 6.45) is -3.36. The number of rotatable bonds is 5. The molecule has 2 heterocycles. The molecule has 5 atom stereocenters. The summed E-state index contributed by atoms with van der Waals surface area (Å²) in [5.41, 5.74) is 1.02. The molecule has 2 aliphatic heterocycles. The van der Waals surface area contributed by atoms with E-state index in [1.807, 2.05) is 74.5 Å². The van der Waals surface area contributed by atoms with Gasteiger partial charge in [-0.2, -0.15) is 0 Å². The van der Waals surface area contributed by atoms with Crippen molar-refractivity contribution in [2.24, 2.45) is 0 Å². The maximum Gasteiger partial charge on any atom is 0.229 e. The second kappa shape index (κ2) is 8.19. The van der Waals surface area contributed by atoms with Crippen molar-refractivity contribution in [3.63, 3.8) is 0 Å². The zero-order valence-electron chi connectivity index (χ0n) is 16.1. The van der Waals surface area contributed by atoms with Crippen LogP contribution in [-0.4, -0.2) is 48.2 Å². The van der Waals surface area contributed by atoms with Gasteiger partial charge in [-0.3, -0.25) is 0 Å². The first-order valence-electron chi connectivity index (χ1n) is 9.54. The fourth-order valence-electron chi connectivity index (χ4n) is 3.50. The van der Waals surface area contributed by atoms with Crippen molar-refractivity contribution in [1.82, 2.24) is 0 Å². The fraction of sp³-hybridized carbons (Fsp3) is 0.455. The van der Waals surface area contributed by atoms with Crippen molar-refractivity contribution in [1.29, 1.82) is 0 Å². The average Bonchev–Trinajstić information content (AvgIpc) is 2.70. The van der Waals surface area contributed by atoms with Gasteiger partial charge in [-0.25, -0.2) is 0 Å². The van der Waals surface area contributed by atoms with Crippen LogP contribution in [0.5, 0.6) is 5.75 Å². The lowest BCUT2D eigenvalue weighted by molar-refractivity contribution is -0.378. The van der Waals surface area contributed by atoms with E-state index in [2.05, 4.69) is 0 Å². The molecule has 2 aromatic rings. The summed E-state index contributed by atoms with van der Waals surface area (Å²) >= 11 is 0. The Balaban J connectivity index is 1.53. The number of para-hydroxylation sites is 1. The van der Waals surface area contributed by atoms with Gasteiger partial charge in [0.2, 0.25) is 6.29 Å². The Morgan fingerprint density at radius 1 is 1.04 bits per heavy atom. The van der Waals surface area contributed by atoms with Crippen molar-refractivity contribution in [2.75, 3.05) is 6.61 Å². The summed E-state index contributed by atoms with van der Waals surface area (Å²) in [4.78, 5) is 0. The van der Waals surface area contributed by atoms with Gasteiger partial charge in [0, 0.05) is 0 Å². The van der Waals surface area contributed by atoms with Crippen LogP contribution >= 0.6 is 0 Å². The van der Waals surface area contributed by atoms with Gasteiger partial charge in [-0.05, 0) is 31.5 Å². The molecule has 2 aromatic carbocycles. The molecule has 0 aromatic heterocycles. The summed E-state index contributed by atoms with van der Waals surface area (Å²) < 4.78 is 29.8. The first-order valence-corrected chi connectivity index (χ1v) is 9.54. The number of aliphatic hydroxyl groups is 1. The quantitative estimate of drug-likeness (QED) is 0.852. The van der Waals surface area contributed by atoms with E-state index in [9.17, 15) is 5.11 Å². The highest BCUT2D eigenvalue weighted by atomic mass is 16.8. The van der Waals surface area contributed by atoms with Crippen LogP contribution in [0.2, 0.25) is 0 Å². The zero-order chi connectivity index (χ0) is 19.6. The third-order valence-electron chi connectivity index (χ3n) is 4.91. The van der Waals surface area contributed by atoms with E-state index in [1.54, 1.807) is 0 Å². The number of hydrogen-bond donors (Lipinski definition) is 1. The summed E-state index contributed by atoms with van der Waals surface area (Å²) in [7, 11) is 0. The summed E-state index contributed by atoms with van der Waals surface area (Å²) in [6.45, 7) is 4.38. The average molecular weight is 386 g/mol. The van der Waals surface area contributed by atoms with Crippen LogP contribution in [0, 0.1) is 0 Å². The molecule has 0 spiro atoms. The molecule has 0 amide bonds. The number of benzene rings is 2. The van der Waals surface area contributed by atoms with E-state index in [1.165, 1.54) is 0 Å². The highest BCUT2D eigenvalue weighted by Gasteiger charge is 2.52. The molecule has 0 aliphatic carbocycles. The van der Waals surface area contributed by atoms with Crippen LogP contribution in [0.3, 0.4) is 0 Å². The Hall–Kier alpha value is -1.96. The maximum atomic E-state index is 11.0. The van der Waals surface area contributed by atoms with Crippen LogP contribution in [0.15, 0.2) is 60.7 Å². The second-order valence-electron chi connectivity index (χ2n) is 7.52. The molecule has 2 aliphatic rings. The van der Waals surface area contributed by atoms with Crippen LogP contribution in [0.4, 0.5) is 0 Å². The predicted molar refractivity (Wildman–Crippen MR) is 102 cm³/mol. The molecule has 6 nitrogen and oxygen atoms in total. The van der Waals surface area contributed by atoms with Gasteiger partial charge in [0.1, 0.15) is 30.2 Å². The normalized spacial score (nSPS) is 31.8. The SMILES string of the molecule is CC1(C)OC[C@H]2O[C@@H](Oc3ccccc3)[C@H](O)[C@@H](OCc3ccccc3)[C@@H]2O1. The van der Waals surface area contributed by atoms with Gasteiger partial charge in [0.05, 0.1) is 13.2 Å². The van der Waals surface area contributed by atoms with E-state index in [4.69, 9.17) is 23.7 Å². The van der Waals surface area contributed by atoms with Crippen molar-refractivity contribution in [3.05, 3.63) is 66.2 Å². The third kappa shape index (κ3) is 4.37. The van der Waals surface area contributed by atoms with Gasteiger partial charge >= 0.3 is 0 Å². The molecular formula is C22H26O6. The maximum absolute atomic E-state index is 11.0. The Bertz CT molecular complexity index is 750. The Labute approximate surface area is 164 Å². The molecule has 0 unspecified atom stereocenters. The first kappa shape index (κ1) is 19.4. The number of hydrogen-bond acceptors (Lipinski definition) is 6. The van der Waals surface area contributed by atoms with Crippen molar-refractivity contribution in [3.8, 4) is 5.75 Å². The minimum absolute atomic E-state index is 0.338. The van der Waals surface area contributed by atoms with Crippen LogP contribution in [-0.2, 0) is 25.6 Å². The lowest BCUT2D eigenvalue weighted by atomic mass is 9.97. The summed E-state index contributed by atoms with van der Waals surface area (Å²) in [5, 5.41) is 11.0. The van der Waals surface area contributed by atoms with Gasteiger partial charge in [0.25, 0.3) is 0 Å². The molecule has 0 saturated carbocycles. The topological polar surface area (TPSA) is 66.4 Å². The molecule has 0 radical (unpaired) electrons. The standard InChI is InChI=1S/C22H26O6/c1-22(2)25-14-17-19(28-22)20(24-13-15-9-5-3-6-10-15)18(23)21(27-17)26-16-11-7-4-8-12-16/h3-12,17-21,23H,13-14H2,1-2H3/t17-,18-,19-,20-,21-/m1/s1. The lowest BCUT2D eigenvalue weighted by Gasteiger charge is -2.49. The van der Waals surface area contributed by atoms with Crippen molar-refractivity contribution in [2.45, 2.75) is 56.9 Å². The molecule has 1 N–H and O–H groups in total. The van der Waals surface area contributed by atoms with Crippen LogP contribution < -0.4 is 4.74 Å². The van der Waals surface area contributed by atoms with Gasteiger partial charge in [-0.1, -0.05) is 48.5 Å². The van der Waals surface area contributed by atoms with E-state index in [-0.39, 0.29) is 0 Å². The van der Waals surface area contributed by atoms with Crippen LogP contribution in [0.1, 0.15) is 19.4 Å². The van der Waals surface area contributed by atoms with Crippen molar-refractivity contribution >= 4 is 0 Å². The van der Waals surface area contributed by atoms with Crippen molar-refractivity contribution < 1.29 is 28.8 Å². The fourth-order valence-corrected chi connectivity index (χ4v) is 3.50. The molecule has 2 saturated heterocycles. The zero-order valence-corrected chi connectivity index (χ0v) is 16.1. The summed E-state index contributed by atoms with van der Waals surface area (Å²) in [6, 6.07) is 19.1. The van der Waals surface area contributed by atoms with Gasteiger partial charge < -0.3 is 28.8 Å². The van der Waals surface area contributed by atoms with E-state index in [0.29, 0.717) is 19.0 Å². The van der Waals surface area contributed by atoms with E-state index >= 15 is 0 Å². The highest BCUT2D eigenvalue weighted by molar-refractivity contribution is 5.21. The predicted octanol–water partition coefficient (Wildman–Crippen LogP) is 2.89. The molecule has 4 rings (SSSR count). The first-order chi connectivity index (χ1) is 13.5. The second-order valence-corrected chi connectivity index (χ2v) is 7.52. The molecule has 2 fully saturated rings. The van der Waals surface area contributed by atoms with Gasteiger partial charge in [-0.15, -0.1) is 0 Å². The Morgan fingerprint density at radius 3 is 2.43 bits per heavy atom. The molecule has 6 heteroatoms. The van der Waals surface area contributed by atoms with E-state index in [0.717, 1.165) is 5.56 Å². The molecular weight excluding hydrogens is 360 g/mol. The smallest absolute Gasteiger partial charge is 0.229 e. The minimum Gasteiger partial charge on any atom is -0.462 e. The lowest BCUT2D eigenvalue weighted by Crippen LogP contribution is -2.65. The molecule has 0 bridgehead atoms. The minimum atomic E-state index is -1.01. The number of ether oxygens (including phenoxy) is 5. The largest absolute Gasteiger partial charge is 0.462 e. The number of fused-ring (bicyclic) bond motifs is 1. The van der Waals surface area contributed by atoms with E-state index < -0.39 is 36.5 Å².